The molecule has 0 saturated carbocycles. The average molecular weight is 337 g/mol. The Labute approximate surface area is 108 Å². The molecule has 1 N–H and O–H groups in total. The SMILES string of the molecule is COC(C)(C)C(=O)Nc1ccc(F)cc1I. The van der Waals surface area contributed by atoms with E-state index in [-0.39, 0.29) is 11.7 Å². The molecule has 0 aliphatic carbocycles. The van der Waals surface area contributed by atoms with E-state index in [9.17, 15) is 9.18 Å². The first-order chi connectivity index (χ1) is 7.36. The van der Waals surface area contributed by atoms with Crippen molar-refractivity contribution in [3.05, 3.63) is 27.6 Å². The van der Waals surface area contributed by atoms with Gasteiger partial charge in [0.1, 0.15) is 11.4 Å². The van der Waals surface area contributed by atoms with E-state index in [0.29, 0.717) is 9.26 Å². The molecule has 1 amide bonds. The van der Waals surface area contributed by atoms with Gasteiger partial charge in [-0.25, -0.2) is 4.39 Å². The van der Waals surface area contributed by atoms with E-state index >= 15 is 0 Å². The van der Waals surface area contributed by atoms with Crippen LogP contribution in [-0.2, 0) is 9.53 Å². The van der Waals surface area contributed by atoms with Crippen LogP contribution >= 0.6 is 22.6 Å². The summed E-state index contributed by atoms with van der Waals surface area (Å²) in [5, 5.41) is 2.69. The van der Waals surface area contributed by atoms with Crippen molar-refractivity contribution < 1.29 is 13.9 Å². The van der Waals surface area contributed by atoms with Crippen molar-refractivity contribution in [2.75, 3.05) is 12.4 Å². The summed E-state index contributed by atoms with van der Waals surface area (Å²) in [6.45, 7) is 3.33. The molecule has 16 heavy (non-hydrogen) atoms. The van der Waals surface area contributed by atoms with Crippen LogP contribution in [0.5, 0.6) is 0 Å². The number of carbonyl (C=O) groups is 1. The number of rotatable bonds is 3. The summed E-state index contributed by atoms with van der Waals surface area (Å²) >= 11 is 1.96. The van der Waals surface area contributed by atoms with E-state index in [1.807, 2.05) is 22.6 Å². The summed E-state index contributed by atoms with van der Waals surface area (Å²) in [4.78, 5) is 11.8. The summed E-state index contributed by atoms with van der Waals surface area (Å²) < 4.78 is 18.5. The number of carbonyl (C=O) groups excluding carboxylic acids is 1. The fraction of sp³-hybridized carbons (Fsp3) is 0.364. The van der Waals surface area contributed by atoms with Gasteiger partial charge < -0.3 is 10.1 Å². The summed E-state index contributed by atoms with van der Waals surface area (Å²) in [5.41, 5.74) is -0.325. The van der Waals surface area contributed by atoms with Gasteiger partial charge in [0.25, 0.3) is 5.91 Å². The monoisotopic (exact) mass is 337 g/mol. The maximum Gasteiger partial charge on any atom is 0.256 e. The van der Waals surface area contributed by atoms with Crippen LogP contribution in [0.1, 0.15) is 13.8 Å². The lowest BCUT2D eigenvalue weighted by molar-refractivity contribution is -0.133. The molecule has 0 aliphatic heterocycles. The van der Waals surface area contributed by atoms with Crippen molar-refractivity contribution in [3.8, 4) is 0 Å². The highest BCUT2D eigenvalue weighted by Gasteiger charge is 2.27. The Morgan fingerprint density at radius 3 is 2.62 bits per heavy atom. The van der Waals surface area contributed by atoms with Gasteiger partial charge in [-0.3, -0.25) is 4.79 Å². The number of hydrogen-bond donors (Lipinski definition) is 1. The van der Waals surface area contributed by atoms with Gasteiger partial charge in [-0.2, -0.15) is 0 Å². The number of benzene rings is 1. The van der Waals surface area contributed by atoms with Crippen LogP contribution in [0.25, 0.3) is 0 Å². The summed E-state index contributed by atoms with van der Waals surface area (Å²) in [6.07, 6.45) is 0. The zero-order valence-electron chi connectivity index (χ0n) is 9.30. The van der Waals surface area contributed by atoms with Crippen molar-refractivity contribution in [1.82, 2.24) is 0 Å². The Morgan fingerprint density at radius 2 is 2.12 bits per heavy atom. The summed E-state index contributed by atoms with van der Waals surface area (Å²) in [6, 6.07) is 4.19. The molecule has 0 heterocycles. The lowest BCUT2D eigenvalue weighted by atomic mass is 10.1. The van der Waals surface area contributed by atoms with Gasteiger partial charge in [0.2, 0.25) is 0 Å². The van der Waals surface area contributed by atoms with Crippen molar-refractivity contribution in [1.29, 1.82) is 0 Å². The number of halogens is 2. The van der Waals surface area contributed by atoms with E-state index in [4.69, 9.17) is 4.74 Å². The van der Waals surface area contributed by atoms with Gasteiger partial charge in [-0.15, -0.1) is 0 Å². The minimum absolute atomic E-state index is 0.264. The average Bonchev–Trinajstić information content (AvgIpc) is 2.22. The van der Waals surface area contributed by atoms with E-state index in [2.05, 4.69) is 5.32 Å². The third-order valence-corrected chi connectivity index (χ3v) is 3.13. The second kappa shape index (κ2) is 5.09. The molecular formula is C11H13FINO2. The van der Waals surface area contributed by atoms with Crippen LogP contribution in [0.2, 0.25) is 0 Å². The quantitative estimate of drug-likeness (QED) is 0.862. The largest absolute Gasteiger partial charge is 0.369 e. The van der Waals surface area contributed by atoms with Crippen LogP contribution in [0, 0.1) is 9.39 Å². The first-order valence-electron chi connectivity index (χ1n) is 4.68. The van der Waals surface area contributed by atoms with E-state index in [0.717, 1.165) is 0 Å². The van der Waals surface area contributed by atoms with Crippen molar-refractivity contribution in [2.24, 2.45) is 0 Å². The van der Waals surface area contributed by atoms with Gasteiger partial charge in [-0.05, 0) is 54.6 Å². The normalized spacial score (nSPS) is 11.3. The van der Waals surface area contributed by atoms with Gasteiger partial charge in [0.15, 0.2) is 0 Å². The van der Waals surface area contributed by atoms with Crippen LogP contribution in [-0.4, -0.2) is 18.6 Å². The number of anilines is 1. The van der Waals surface area contributed by atoms with E-state index in [1.54, 1.807) is 13.8 Å². The molecule has 0 radical (unpaired) electrons. The molecule has 1 aromatic rings. The number of methoxy groups -OCH3 is 1. The fourth-order valence-corrected chi connectivity index (χ4v) is 1.57. The Morgan fingerprint density at radius 1 is 1.50 bits per heavy atom. The molecule has 0 atom stereocenters. The lowest BCUT2D eigenvalue weighted by Gasteiger charge is -2.22. The molecule has 0 unspecified atom stereocenters. The summed E-state index contributed by atoms with van der Waals surface area (Å²) in [7, 11) is 1.47. The van der Waals surface area contributed by atoms with Crippen LogP contribution < -0.4 is 5.32 Å². The zero-order chi connectivity index (χ0) is 12.3. The molecule has 0 saturated heterocycles. The minimum atomic E-state index is -0.905. The Bertz CT molecular complexity index is 407. The molecule has 0 spiro atoms. The molecule has 88 valence electrons. The molecule has 1 aromatic carbocycles. The van der Waals surface area contributed by atoms with Crippen LogP contribution in [0.4, 0.5) is 10.1 Å². The number of hydrogen-bond acceptors (Lipinski definition) is 2. The summed E-state index contributed by atoms with van der Waals surface area (Å²) in [5.74, 6) is -0.590. The third-order valence-electron chi connectivity index (χ3n) is 2.24. The maximum atomic E-state index is 12.8. The van der Waals surface area contributed by atoms with Crippen molar-refractivity contribution >= 4 is 34.2 Å². The highest BCUT2D eigenvalue weighted by molar-refractivity contribution is 14.1. The third kappa shape index (κ3) is 3.15. The molecule has 0 bridgehead atoms. The fourth-order valence-electron chi connectivity index (χ4n) is 0.956. The molecule has 0 fully saturated rings. The highest BCUT2D eigenvalue weighted by atomic mass is 127. The molecule has 1 rings (SSSR count). The zero-order valence-corrected chi connectivity index (χ0v) is 11.5. The molecule has 0 aromatic heterocycles. The maximum absolute atomic E-state index is 12.8. The topological polar surface area (TPSA) is 38.3 Å². The number of amides is 1. The van der Waals surface area contributed by atoms with Gasteiger partial charge >= 0.3 is 0 Å². The highest BCUT2D eigenvalue weighted by Crippen LogP contribution is 2.21. The van der Waals surface area contributed by atoms with E-state index < -0.39 is 5.60 Å². The first-order valence-corrected chi connectivity index (χ1v) is 5.76. The molecule has 3 nitrogen and oxygen atoms in total. The second-order valence-corrected chi connectivity index (χ2v) is 4.95. The van der Waals surface area contributed by atoms with Crippen LogP contribution in [0.3, 0.4) is 0 Å². The van der Waals surface area contributed by atoms with Gasteiger partial charge in [0.05, 0.1) is 5.69 Å². The van der Waals surface area contributed by atoms with Crippen LogP contribution in [0.15, 0.2) is 18.2 Å². The second-order valence-electron chi connectivity index (χ2n) is 3.79. The minimum Gasteiger partial charge on any atom is -0.369 e. The number of ether oxygens (including phenoxy) is 1. The number of nitrogens with one attached hydrogen (secondary N) is 1. The smallest absolute Gasteiger partial charge is 0.256 e. The lowest BCUT2D eigenvalue weighted by Crippen LogP contribution is -2.39. The predicted octanol–water partition coefficient (Wildman–Crippen LogP) is 2.79. The Hall–Kier alpha value is -0.690. The Balaban J connectivity index is 2.85. The predicted molar refractivity (Wildman–Crippen MR) is 68.8 cm³/mol. The molecule has 5 heteroatoms. The van der Waals surface area contributed by atoms with Gasteiger partial charge in [0, 0.05) is 10.7 Å². The standard InChI is InChI=1S/C11H13FINO2/c1-11(2,16-3)10(15)14-9-5-4-7(12)6-8(9)13/h4-6H,1-3H3,(H,14,15). The molecular weight excluding hydrogens is 324 g/mol. The first kappa shape index (κ1) is 13.4. The van der Waals surface area contributed by atoms with E-state index in [1.165, 1.54) is 25.3 Å². The van der Waals surface area contributed by atoms with Gasteiger partial charge in [-0.1, -0.05) is 0 Å². The van der Waals surface area contributed by atoms with Crippen molar-refractivity contribution in [2.45, 2.75) is 19.4 Å². The Kier molecular flexibility index (Phi) is 4.26. The van der Waals surface area contributed by atoms with Crippen molar-refractivity contribution in [3.63, 3.8) is 0 Å². The molecule has 0 aliphatic rings.